The van der Waals surface area contributed by atoms with E-state index in [1.807, 2.05) is 13.1 Å². The third-order valence-electron chi connectivity index (χ3n) is 3.72. The summed E-state index contributed by atoms with van der Waals surface area (Å²) in [5.41, 5.74) is 2.38. The molecule has 0 radical (unpaired) electrons. The molecular weight excluding hydrogens is 222 g/mol. The van der Waals surface area contributed by atoms with Gasteiger partial charge in [-0.25, -0.2) is 4.98 Å². The fourth-order valence-corrected chi connectivity index (χ4v) is 2.70. The Labute approximate surface area is 108 Å². The molecule has 18 heavy (non-hydrogen) atoms. The van der Waals surface area contributed by atoms with Gasteiger partial charge in [0.25, 0.3) is 0 Å². The van der Waals surface area contributed by atoms with Crippen LogP contribution in [0.4, 0.5) is 11.5 Å². The van der Waals surface area contributed by atoms with Gasteiger partial charge in [-0.2, -0.15) is 0 Å². The predicted molar refractivity (Wildman–Crippen MR) is 77.3 cm³/mol. The highest BCUT2D eigenvalue weighted by molar-refractivity contribution is 5.93. The van der Waals surface area contributed by atoms with Crippen LogP contribution in [0, 0.1) is 5.92 Å². The van der Waals surface area contributed by atoms with Gasteiger partial charge in [-0.1, -0.05) is 25.1 Å². The van der Waals surface area contributed by atoms with Crippen molar-refractivity contribution in [1.29, 1.82) is 0 Å². The molecule has 94 valence electrons. The normalized spacial score (nSPS) is 19.4. The molecule has 1 aliphatic rings. The maximum atomic E-state index is 4.61. The van der Waals surface area contributed by atoms with E-state index in [2.05, 4.69) is 46.4 Å². The molecule has 3 rings (SSSR count). The molecule has 1 N–H and O–H groups in total. The molecule has 3 nitrogen and oxygen atoms in total. The smallest absolute Gasteiger partial charge is 0.128 e. The minimum absolute atomic E-state index is 0.787. The predicted octanol–water partition coefficient (Wildman–Crippen LogP) is 3.12. The Morgan fingerprint density at radius 3 is 2.89 bits per heavy atom. The van der Waals surface area contributed by atoms with Crippen LogP contribution in [-0.2, 0) is 0 Å². The van der Waals surface area contributed by atoms with E-state index in [9.17, 15) is 0 Å². The third-order valence-corrected chi connectivity index (χ3v) is 3.72. The minimum atomic E-state index is 0.787. The van der Waals surface area contributed by atoms with E-state index in [-0.39, 0.29) is 0 Å². The van der Waals surface area contributed by atoms with Gasteiger partial charge < -0.3 is 10.2 Å². The number of nitrogens with zero attached hydrogens (tertiary/aromatic N) is 2. The van der Waals surface area contributed by atoms with Crippen molar-refractivity contribution in [2.45, 2.75) is 13.3 Å². The second-order valence-electron chi connectivity index (χ2n) is 5.13. The lowest BCUT2D eigenvalue weighted by Gasteiger charge is -2.21. The van der Waals surface area contributed by atoms with Crippen LogP contribution in [0.3, 0.4) is 0 Å². The minimum Gasteiger partial charge on any atom is -0.373 e. The lowest BCUT2D eigenvalue weighted by Crippen LogP contribution is -2.19. The standard InChI is InChI=1S/C15H19N3/c1-11-7-8-18(10-11)14-9-15(16-2)17-13-6-4-3-5-12(13)14/h3-6,9,11H,7-8,10H2,1-2H3,(H,16,17). The summed E-state index contributed by atoms with van der Waals surface area (Å²) < 4.78 is 0. The van der Waals surface area contributed by atoms with E-state index in [1.54, 1.807) is 0 Å². The first kappa shape index (κ1) is 11.3. The summed E-state index contributed by atoms with van der Waals surface area (Å²) in [5, 5.41) is 4.41. The van der Waals surface area contributed by atoms with Gasteiger partial charge in [-0.15, -0.1) is 0 Å². The number of nitrogens with one attached hydrogen (secondary N) is 1. The summed E-state index contributed by atoms with van der Waals surface area (Å²) in [6.45, 7) is 4.62. The maximum Gasteiger partial charge on any atom is 0.128 e. The Morgan fingerprint density at radius 2 is 2.17 bits per heavy atom. The number of para-hydroxylation sites is 1. The zero-order valence-electron chi connectivity index (χ0n) is 11.0. The molecule has 0 saturated carbocycles. The molecule has 0 amide bonds. The van der Waals surface area contributed by atoms with E-state index < -0.39 is 0 Å². The molecule has 2 aromatic rings. The topological polar surface area (TPSA) is 28.2 Å². The van der Waals surface area contributed by atoms with Crippen LogP contribution < -0.4 is 10.2 Å². The van der Waals surface area contributed by atoms with Crippen molar-refractivity contribution >= 4 is 22.4 Å². The average molecular weight is 241 g/mol. The van der Waals surface area contributed by atoms with Crippen LogP contribution in [0.2, 0.25) is 0 Å². The van der Waals surface area contributed by atoms with E-state index in [0.29, 0.717) is 0 Å². The molecule has 1 unspecified atom stereocenters. The number of anilines is 2. The second-order valence-corrected chi connectivity index (χ2v) is 5.13. The first-order valence-electron chi connectivity index (χ1n) is 6.60. The van der Waals surface area contributed by atoms with Gasteiger partial charge >= 0.3 is 0 Å². The number of fused-ring (bicyclic) bond motifs is 1. The molecule has 1 atom stereocenters. The van der Waals surface area contributed by atoms with E-state index >= 15 is 0 Å². The van der Waals surface area contributed by atoms with Gasteiger partial charge in [0.1, 0.15) is 5.82 Å². The number of pyridine rings is 1. The molecule has 1 saturated heterocycles. The first-order valence-corrected chi connectivity index (χ1v) is 6.60. The fraction of sp³-hybridized carbons (Fsp3) is 0.400. The highest BCUT2D eigenvalue weighted by atomic mass is 15.2. The van der Waals surface area contributed by atoms with Crippen molar-refractivity contribution in [2.75, 3.05) is 30.4 Å². The Morgan fingerprint density at radius 1 is 1.33 bits per heavy atom. The van der Waals surface area contributed by atoms with Crippen molar-refractivity contribution in [1.82, 2.24) is 4.98 Å². The molecule has 0 aliphatic carbocycles. The molecule has 1 fully saturated rings. The summed E-state index contributed by atoms with van der Waals surface area (Å²) in [5.74, 6) is 1.73. The third kappa shape index (κ3) is 1.90. The fourth-order valence-electron chi connectivity index (χ4n) is 2.70. The monoisotopic (exact) mass is 241 g/mol. The quantitative estimate of drug-likeness (QED) is 0.875. The number of benzene rings is 1. The number of hydrogen-bond acceptors (Lipinski definition) is 3. The summed E-state index contributed by atoms with van der Waals surface area (Å²) in [6, 6.07) is 10.6. The van der Waals surface area contributed by atoms with Crippen LogP contribution in [0.25, 0.3) is 10.9 Å². The zero-order chi connectivity index (χ0) is 12.5. The summed E-state index contributed by atoms with van der Waals surface area (Å²) >= 11 is 0. The van der Waals surface area contributed by atoms with Crippen LogP contribution in [0.5, 0.6) is 0 Å². The summed E-state index contributed by atoms with van der Waals surface area (Å²) in [7, 11) is 1.92. The molecule has 0 spiro atoms. The van der Waals surface area contributed by atoms with Gasteiger partial charge in [-0.05, 0) is 18.4 Å². The van der Waals surface area contributed by atoms with Crippen molar-refractivity contribution in [3.05, 3.63) is 30.3 Å². The average Bonchev–Trinajstić information content (AvgIpc) is 2.84. The Hall–Kier alpha value is -1.77. The van der Waals surface area contributed by atoms with Crippen molar-refractivity contribution in [3.63, 3.8) is 0 Å². The number of aromatic nitrogens is 1. The molecule has 1 aromatic heterocycles. The first-order chi connectivity index (χ1) is 8.78. The Bertz CT molecular complexity index is 565. The molecular formula is C15H19N3. The summed E-state index contributed by atoms with van der Waals surface area (Å²) in [6.07, 6.45) is 1.28. The van der Waals surface area contributed by atoms with Crippen LogP contribution in [0.15, 0.2) is 30.3 Å². The van der Waals surface area contributed by atoms with Crippen LogP contribution in [0.1, 0.15) is 13.3 Å². The lowest BCUT2D eigenvalue weighted by molar-refractivity contribution is 0.659. The van der Waals surface area contributed by atoms with Gasteiger partial charge in [-0.3, -0.25) is 0 Å². The summed E-state index contributed by atoms with van der Waals surface area (Å²) in [4.78, 5) is 7.09. The molecule has 3 heteroatoms. The van der Waals surface area contributed by atoms with Gasteiger partial charge in [0, 0.05) is 37.3 Å². The van der Waals surface area contributed by atoms with Gasteiger partial charge in [0.2, 0.25) is 0 Å². The largest absolute Gasteiger partial charge is 0.373 e. The van der Waals surface area contributed by atoms with Crippen molar-refractivity contribution in [2.24, 2.45) is 5.92 Å². The van der Waals surface area contributed by atoms with E-state index in [1.165, 1.54) is 17.5 Å². The molecule has 1 aliphatic heterocycles. The van der Waals surface area contributed by atoms with Gasteiger partial charge in [0.15, 0.2) is 0 Å². The Balaban J connectivity index is 2.13. The SMILES string of the molecule is CNc1cc(N2CCC(C)C2)c2ccccc2n1. The van der Waals surface area contributed by atoms with E-state index in [0.717, 1.165) is 30.3 Å². The zero-order valence-corrected chi connectivity index (χ0v) is 11.0. The number of rotatable bonds is 2. The lowest BCUT2D eigenvalue weighted by atomic mass is 10.1. The highest BCUT2D eigenvalue weighted by Crippen LogP contribution is 2.32. The van der Waals surface area contributed by atoms with Crippen LogP contribution in [-0.4, -0.2) is 25.1 Å². The second kappa shape index (κ2) is 4.48. The van der Waals surface area contributed by atoms with Crippen LogP contribution >= 0.6 is 0 Å². The number of hydrogen-bond donors (Lipinski definition) is 1. The highest BCUT2D eigenvalue weighted by Gasteiger charge is 2.21. The molecule has 1 aromatic carbocycles. The van der Waals surface area contributed by atoms with E-state index in [4.69, 9.17) is 0 Å². The van der Waals surface area contributed by atoms with Gasteiger partial charge in [0.05, 0.1) is 5.52 Å². The molecule has 0 bridgehead atoms. The molecule has 2 heterocycles. The Kier molecular flexibility index (Phi) is 2.82. The van der Waals surface area contributed by atoms with Crippen molar-refractivity contribution < 1.29 is 0 Å². The maximum absolute atomic E-state index is 4.61. The van der Waals surface area contributed by atoms with Crippen molar-refractivity contribution in [3.8, 4) is 0 Å².